The fourth-order valence-electron chi connectivity index (χ4n) is 0.0933. The Balaban J connectivity index is 4.19. The standard InChI is InChI=1S/C3H2F3IO2/c4-1(5)3(6,7)2(8)9/h1H,(H,8,9). The number of halogens is 4. The largest absolute Gasteiger partial charge is 0.478 e. The summed E-state index contributed by atoms with van der Waals surface area (Å²) in [5.74, 6) is -2.15. The van der Waals surface area contributed by atoms with Crippen LogP contribution in [-0.4, -0.2) is 21.2 Å². The maximum absolute atomic E-state index is 12.0. The van der Waals surface area contributed by atoms with E-state index in [1.807, 2.05) is 0 Å². The molecule has 0 aromatic heterocycles. The van der Waals surface area contributed by atoms with Crippen molar-refractivity contribution in [3.05, 3.63) is 0 Å². The van der Waals surface area contributed by atoms with Gasteiger partial charge in [0.25, 0.3) is 6.43 Å². The molecule has 0 saturated carbocycles. The second-order valence-corrected chi connectivity index (χ2v) is 2.80. The number of hydrogen-bond acceptors (Lipinski definition) is 1. The van der Waals surface area contributed by atoms with Crippen LogP contribution in [0.4, 0.5) is 13.2 Å². The second kappa shape index (κ2) is 2.72. The summed E-state index contributed by atoms with van der Waals surface area (Å²) in [5.41, 5.74) is 0. The zero-order valence-corrected chi connectivity index (χ0v) is 6.10. The molecular weight excluding hydrogens is 252 g/mol. The predicted octanol–water partition coefficient (Wildman–Crippen LogP) is 1.44. The van der Waals surface area contributed by atoms with Crippen molar-refractivity contribution < 1.29 is 23.1 Å². The Morgan fingerprint density at radius 1 is 1.67 bits per heavy atom. The topological polar surface area (TPSA) is 37.3 Å². The van der Waals surface area contributed by atoms with Crippen LogP contribution in [0.1, 0.15) is 0 Å². The lowest BCUT2D eigenvalue weighted by molar-refractivity contribution is -0.150. The molecule has 0 aromatic rings. The molecule has 0 aliphatic carbocycles. The summed E-state index contributed by atoms with van der Waals surface area (Å²) in [4.78, 5) is 9.60. The van der Waals surface area contributed by atoms with Gasteiger partial charge in [-0.3, -0.25) is 0 Å². The van der Waals surface area contributed by atoms with Gasteiger partial charge in [0.2, 0.25) is 0 Å². The molecule has 0 amide bonds. The average molecular weight is 254 g/mol. The zero-order chi connectivity index (χ0) is 7.65. The van der Waals surface area contributed by atoms with E-state index < -0.39 is 16.1 Å². The van der Waals surface area contributed by atoms with Gasteiger partial charge < -0.3 is 5.11 Å². The van der Waals surface area contributed by atoms with Gasteiger partial charge in [0.1, 0.15) is 0 Å². The molecule has 0 aromatic carbocycles. The Morgan fingerprint density at radius 3 is 2.00 bits per heavy atom. The summed E-state index contributed by atoms with van der Waals surface area (Å²) >= 11 is 0.539. The molecule has 1 N–H and O–H groups in total. The van der Waals surface area contributed by atoms with Crippen molar-refractivity contribution in [3.63, 3.8) is 0 Å². The quantitative estimate of drug-likeness (QED) is 0.598. The van der Waals surface area contributed by atoms with Gasteiger partial charge >= 0.3 is 9.64 Å². The summed E-state index contributed by atoms with van der Waals surface area (Å²) < 4.78 is 31.1. The first-order valence-corrected chi connectivity index (χ1v) is 2.86. The molecule has 0 rings (SSSR count). The molecule has 1 unspecified atom stereocenters. The van der Waals surface area contributed by atoms with Gasteiger partial charge in [-0.15, -0.1) is 0 Å². The molecule has 6 heteroatoms. The third-order valence-electron chi connectivity index (χ3n) is 0.559. The predicted molar refractivity (Wildman–Crippen MR) is 31.5 cm³/mol. The third-order valence-corrected chi connectivity index (χ3v) is 1.49. The summed E-state index contributed by atoms with van der Waals surface area (Å²) in [5, 5.41) is 7.75. The SMILES string of the molecule is O=C(O)C(F)(I)C(F)F. The first-order chi connectivity index (χ1) is 3.89. The molecule has 0 radical (unpaired) electrons. The van der Waals surface area contributed by atoms with Crippen molar-refractivity contribution in [1.29, 1.82) is 0 Å². The van der Waals surface area contributed by atoms with E-state index in [2.05, 4.69) is 0 Å². The third kappa shape index (κ3) is 1.99. The fraction of sp³-hybridized carbons (Fsp3) is 0.667. The Hall–Kier alpha value is -0.0100. The average Bonchev–Trinajstić information content (AvgIpc) is 1.65. The second-order valence-electron chi connectivity index (χ2n) is 1.23. The van der Waals surface area contributed by atoms with Gasteiger partial charge in [-0.25, -0.2) is 18.0 Å². The van der Waals surface area contributed by atoms with Gasteiger partial charge in [-0.05, 0) is 22.6 Å². The van der Waals surface area contributed by atoms with Crippen LogP contribution in [-0.2, 0) is 4.79 Å². The van der Waals surface area contributed by atoms with Gasteiger partial charge in [-0.1, -0.05) is 0 Å². The van der Waals surface area contributed by atoms with Crippen molar-refractivity contribution in [2.24, 2.45) is 0 Å². The van der Waals surface area contributed by atoms with Crippen molar-refractivity contribution in [3.8, 4) is 0 Å². The number of rotatable bonds is 2. The molecule has 0 aliphatic heterocycles. The molecule has 0 heterocycles. The van der Waals surface area contributed by atoms with Crippen LogP contribution in [0.15, 0.2) is 0 Å². The minimum absolute atomic E-state index is 0.539. The summed E-state index contributed by atoms with van der Waals surface area (Å²) in [6.45, 7) is 0. The highest BCUT2D eigenvalue weighted by Gasteiger charge is 2.45. The maximum Gasteiger partial charge on any atom is 0.358 e. The highest BCUT2D eigenvalue weighted by Crippen LogP contribution is 2.28. The first kappa shape index (κ1) is 8.99. The lowest BCUT2D eigenvalue weighted by atomic mass is 10.4. The molecule has 54 valence electrons. The molecule has 1 atom stereocenters. The lowest BCUT2D eigenvalue weighted by Gasteiger charge is -2.09. The molecule has 0 fully saturated rings. The van der Waals surface area contributed by atoms with Crippen LogP contribution in [0.3, 0.4) is 0 Å². The number of carboxylic acid groups (broad SMARTS) is 1. The van der Waals surface area contributed by atoms with E-state index in [1.54, 1.807) is 0 Å². The van der Waals surface area contributed by atoms with Gasteiger partial charge in [0, 0.05) is 0 Å². The number of hydrogen-bond donors (Lipinski definition) is 1. The van der Waals surface area contributed by atoms with Crippen LogP contribution in [0.5, 0.6) is 0 Å². The van der Waals surface area contributed by atoms with Gasteiger partial charge in [0.15, 0.2) is 0 Å². The molecule has 2 nitrogen and oxygen atoms in total. The van der Waals surface area contributed by atoms with E-state index in [0.717, 1.165) is 0 Å². The van der Waals surface area contributed by atoms with E-state index in [0.29, 0.717) is 22.6 Å². The number of aliphatic carboxylic acids is 1. The number of carbonyl (C=O) groups is 1. The van der Waals surface area contributed by atoms with Crippen LogP contribution in [0.2, 0.25) is 0 Å². The van der Waals surface area contributed by atoms with Crippen LogP contribution >= 0.6 is 22.6 Å². The highest BCUT2D eigenvalue weighted by atomic mass is 127. The van der Waals surface area contributed by atoms with Crippen LogP contribution < -0.4 is 0 Å². The van der Waals surface area contributed by atoms with E-state index in [-0.39, 0.29) is 0 Å². The summed E-state index contributed by atoms with van der Waals surface area (Å²) in [6.07, 6.45) is -3.49. The minimum Gasteiger partial charge on any atom is -0.478 e. The minimum atomic E-state index is -3.49. The smallest absolute Gasteiger partial charge is 0.358 e. The molecular formula is C3H2F3IO2. The molecule has 9 heavy (non-hydrogen) atoms. The zero-order valence-electron chi connectivity index (χ0n) is 3.94. The number of alkyl halides is 4. The Bertz CT molecular complexity index is 124. The Labute approximate surface area is 62.2 Å². The van der Waals surface area contributed by atoms with Crippen molar-refractivity contribution >= 4 is 28.6 Å². The first-order valence-electron chi connectivity index (χ1n) is 1.78. The molecule has 0 bridgehead atoms. The maximum atomic E-state index is 12.0. The van der Waals surface area contributed by atoms with E-state index >= 15 is 0 Å². The summed E-state index contributed by atoms with van der Waals surface area (Å²) in [6, 6.07) is 0. The van der Waals surface area contributed by atoms with Gasteiger partial charge in [-0.2, -0.15) is 0 Å². The van der Waals surface area contributed by atoms with Crippen molar-refractivity contribution in [1.82, 2.24) is 0 Å². The van der Waals surface area contributed by atoms with E-state index in [9.17, 15) is 18.0 Å². The normalized spacial score (nSPS) is 17.4. The van der Waals surface area contributed by atoms with Crippen molar-refractivity contribution in [2.45, 2.75) is 10.1 Å². The fourth-order valence-corrected chi connectivity index (χ4v) is 0.0933. The summed E-state index contributed by atoms with van der Waals surface area (Å²) in [7, 11) is 0. The van der Waals surface area contributed by atoms with E-state index in [4.69, 9.17) is 5.11 Å². The number of carboxylic acids is 1. The lowest BCUT2D eigenvalue weighted by Crippen LogP contribution is -2.33. The highest BCUT2D eigenvalue weighted by molar-refractivity contribution is 14.1. The van der Waals surface area contributed by atoms with E-state index in [1.165, 1.54) is 0 Å². The van der Waals surface area contributed by atoms with Crippen LogP contribution in [0.25, 0.3) is 0 Å². The van der Waals surface area contributed by atoms with Gasteiger partial charge in [0.05, 0.1) is 0 Å². The molecule has 0 aliphatic rings. The monoisotopic (exact) mass is 254 g/mol. The Morgan fingerprint density at radius 2 is 2.00 bits per heavy atom. The van der Waals surface area contributed by atoms with Crippen molar-refractivity contribution in [2.75, 3.05) is 0 Å². The Kier molecular flexibility index (Phi) is 2.71. The molecule has 0 saturated heterocycles. The van der Waals surface area contributed by atoms with Crippen LogP contribution in [0, 0.1) is 0 Å². The molecule has 0 spiro atoms.